The maximum absolute atomic E-state index is 2.38. The highest BCUT2D eigenvalue weighted by molar-refractivity contribution is 7.73. The van der Waals surface area contributed by atoms with Crippen molar-refractivity contribution in [2.75, 3.05) is 6.16 Å². The van der Waals surface area contributed by atoms with Crippen molar-refractivity contribution in [3.05, 3.63) is 181 Å². The Morgan fingerprint density at radius 1 is 0.350 bits per heavy atom. The molecule has 0 aliphatic heterocycles. The van der Waals surface area contributed by atoms with Crippen molar-refractivity contribution in [2.24, 2.45) is 0 Å². The van der Waals surface area contributed by atoms with E-state index in [0.717, 1.165) is 12.6 Å². The van der Waals surface area contributed by atoms with E-state index < -0.39 is 14.1 Å². The number of hydrogen-bond acceptors (Lipinski definition) is 0. The van der Waals surface area contributed by atoms with Crippen molar-refractivity contribution in [3.8, 4) is 0 Å². The number of hydrogen-bond donors (Lipinski definition) is 0. The minimum atomic E-state index is -1.33. The van der Waals surface area contributed by atoms with Crippen LogP contribution in [0.3, 0.4) is 0 Å². The third-order valence-electron chi connectivity index (χ3n) is 8.14. The Hall–Kier alpha value is -4.19. The van der Waals surface area contributed by atoms with Gasteiger partial charge in [-0.3, -0.25) is 0 Å². The predicted octanol–water partition coefficient (Wildman–Crippen LogP) is 5.74. The van der Waals surface area contributed by atoms with Crippen LogP contribution >= 0.6 is 7.92 Å². The molecule has 2 heteroatoms. The molecule has 0 N–H and O–H groups in total. The van der Waals surface area contributed by atoms with Crippen LogP contribution in [0.4, 0.5) is 0 Å². The van der Waals surface area contributed by atoms with Crippen molar-refractivity contribution >= 4 is 46.5 Å². The fraction of sp³-hybridized carbons (Fsp3) is 0.0526. The second-order valence-electron chi connectivity index (χ2n) is 10.4. The van der Waals surface area contributed by atoms with Crippen molar-refractivity contribution in [1.29, 1.82) is 0 Å². The molecule has 0 aromatic heterocycles. The van der Waals surface area contributed by atoms with E-state index in [1.165, 1.54) is 38.0 Å². The predicted molar refractivity (Wildman–Crippen MR) is 178 cm³/mol. The van der Waals surface area contributed by atoms with Crippen LogP contribution in [-0.4, -0.2) is 12.3 Å². The van der Waals surface area contributed by atoms with Crippen LogP contribution in [0, 0.1) is 0 Å². The standard InChI is InChI=1S/C38H33BP/c1-6-16-33(17-7-1)39(34-18-8-2-9-19-34,35-20-10-3-11-21-35)36-28-26-32(27-29-36)30-31-40(37-22-12-4-13-23-37)38-24-14-5-15-25-38/h1-29H,30-31H2/q-1. The summed E-state index contributed by atoms with van der Waals surface area (Å²) in [5.41, 5.74) is 6.75. The van der Waals surface area contributed by atoms with Crippen molar-refractivity contribution in [3.63, 3.8) is 0 Å². The minimum Gasteiger partial charge on any atom is -0.195 e. The summed E-state index contributed by atoms with van der Waals surface area (Å²) in [6.45, 7) is 0. The van der Waals surface area contributed by atoms with E-state index in [4.69, 9.17) is 0 Å². The lowest BCUT2D eigenvalue weighted by Crippen LogP contribution is -2.74. The molecule has 0 heterocycles. The lowest BCUT2D eigenvalue weighted by Gasteiger charge is -2.44. The van der Waals surface area contributed by atoms with E-state index in [9.17, 15) is 0 Å². The van der Waals surface area contributed by atoms with Gasteiger partial charge in [0.15, 0.2) is 0 Å². The van der Waals surface area contributed by atoms with E-state index in [1.54, 1.807) is 0 Å². The van der Waals surface area contributed by atoms with Gasteiger partial charge in [0.1, 0.15) is 6.15 Å². The molecule has 0 aliphatic rings. The Labute approximate surface area is 240 Å². The molecule has 0 amide bonds. The van der Waals surface area contributed by atoms with Gasteiger partial charge < -0.3 is 0 Å². The van der Waals surface area contributed by atoms with E-state index in [1.807, 2.05) is 0 Å². The second kappa shape index (κ2) is 12.3. The Morgan fingerprint density at radius 3 is 1.05 bits per heavy atom. The summed E-state index contributed by atoms with van der Waals surface area (Å²) in [7, 11) is -0.409. The first-order chi connectivity index (χ1) is 19.9. The molecule has 194 valence electrons. The third-order valence-corrected chi connectivity index (χ3v) is 10.7. The highest BCUT2D eigenvalue weighted by Gasteiger charge is 2.31. The van der Waals surface area contributed by atoms with Crippen LogP contribution in [0.15, 0.2) is 176 Å². The van der Waals surface area contributed by atoms with Gasteiger partial charge >= 0.3 is 0 Å². The summed E-state index contributed by atoms with van der Waals surface area (Å²) in [5.74, 6) is 0. The van der Waals surface area contributed by atoms with Gasteiger partial charge in [-0.1, -0.05) is 176 Å². The van der Waals surface area contributed by atoms with Crippen LogP contribution in [0.5, 0.6) is 0 Å². The van der Waals surface area contributed by atoms with Crippen LogP contribution in [0.1, 0.15) is 5.56 Å². The summed E-state index contributed by atoms with van der Waals surface area (Å²) in [6, 6.07) is 64.7. The van der Waals surface area contributed by atoms with Gasteiger partial charge in [-0.25, -0.2) is 0 Å². The Bertz CT molecular complexity index is 1470. The highest BCUT2D eigenvalue weighted by Crippen LogP contribution is 2.34. The first-order valence-corrected chi connectivity index (χ1v) is 15.7. The molecular formula is C38H33BP-. The molecule has 6 aromatic rings. The second-order valence-corrected chi connectivity index (χ2v) is 12.7. The zero-order valence-corrected chi connectivity index (χ0v) is 23.6. The number of benzene rings is 6. The van der Waals surface area contributed by atoms with Crippen molar-refractivity contribution in [1.82, 2.24) is 0 Å². The third kappa shape index (κ3) is 5.31. The molecule has 0 radical (unpaired) electrons. The number of rotatable bonds is 9. The average Bonchev–Trinajstić information content (AvgIpc) is 3.05. The Morgan fingerprint density at radius 2 is 0.675 bits per heavy atom. The maximum atomic E-state index is 2.38. The summed E-state index contributed by atoms with van der Waals surface area (Å²) < 4.78 is 0. The minimum absolute atomic E-state index is 0.409. The van der Waals surface area contributed by atoms with Gasteiger partial charge in [0, 0.05) is 0 Å². The molecule has 0 saturated carbocycles. The summed E-state index contributed by atoms with van der Waals surface area (Å²) in [6.07, 6.45) is 0.856. The Balaban J connectivity index is 1.38. The van der Waals surface area contributed by atoms with Crippen molar-refractivity contribution < 1.29 is 0 Å². The highest BCUT2D eigenvalue weighted by atomic mass is 31.1. The summed E-state index contributed by atoms with van der Waals surface area (Å²) >= 11 is 0. The molecule has 0 bridgehead atoms. The molecule has 0 unspecified atom stereocenters. The monoisotopic (exact) mass is 531 g/mol. The molecule has 0 spiro atoms. The van der Waals surface area contributed by atoms with Crippen LogP contribution in [-0.2, 0) is 6.42 Å². The van der Waals surface area contributed by atoms with Crippen LogP contribution < -0.4 is 32.5 Å². The van der Waals surface area contributed by atoms with Gasteiger partial charge in [0.05, 0.1) is 0 Å². The van der Waals surface area contributed by atoms with Gasteiger partial charge in [-0.2, -0.15) is 21.9 Å². The zero-order valence-electron chi connectivity index (χ0n) is 22.7. The fourth-order valence-corrected chi connectivity index (χ4v) is 8.58. The zero-order chi connectivity index (χ0) is 27.0. The van der Waals surface area contributed by atoms with Gasteiger partial charge in [-0.05, 0) is 36.7 Å². The summed E-state index contributed by atoms with van der Waals surface area (Å²) in [5, 5.41) is 2.89. The van der Waals surface area contributed by atoms with Crippen molar-refractivity contribution in [2.45, 2.75) is 6.42 Å². The molecule has 6 rings (SSSR count). The Kier molecular flexibility index (Phi) is 8.03. The van der Waals surface area contributed by atoms with E-state index in [-0.39, 0.29) is 0 Å². The van der Waals surface area contributed by atoms with Crippen LogP contribution in [0.25, 0.3) is 0 Å². The molecule has 0 saturated heterocycles. The molecule has 40 heavy (non-hydrogen) atoms. The molecule has 0 atom stereocenters. The van der Waals surface area contributed by atoms with E-state index in [2.05, 4.69) is 176 Å². The SMILES string of the molecule is c1ccc(P(CCc2ccc([B-](c3ccccc3)(c3ccccc3)c3ccccc3)cc2)c2ccccc2)cc1. The quantitative estimate of drug-likeness (QED) is 0.165. The van der Waals surface area contributed by atoms with Crippen LogP contribution in [0.2, 0.25) is 0 Å². The van der Waals surface area contributed by atoms with E-state index >= 15 is 0 Å². The van der Waals surface area contributed by atoms with Gasteiger partial charge in [-0.15, -0.1) is 0 Å². The largest absolute Gasteiger partial charge is 0.195 e. The lowest BCUT2D eigenvalue weighted by molar-refractivity contribution is 1.15. The van der Waals surface area contributed by atoms with Gasteiger partial charge in [0.25, 0.3) is 0 Å². The molecule has 6 aromatic carbocycles. The normalized spacial score (nSPS) is 11.4. The lowest BCUT2D eigenvalue weighted by atomic mass is 9.13. The molecule has 0 nitrogen and oxygen atoms in total. The molecule has 0 aliphatic carbocycles. The van der Waals surface area contributed by atoms with Gasteiger partial charge in [0.2, 0.25) is 0 Å². The maximum Gasteiger partial charge on any atom is 0.108 e. The summed E-state index contributed by atoms with van der Waals surface area (Å²) in [4.78, 5) is 0. The van der Waals surface area contributed by atoms with E-state index in [0.29, 0.717) is 0 Å². The first kappa shape index (κ1) is 26.1. The smallest absolute Gasteiger partial charge is 0.108 e. The fourth-order valence-electron chi connectivity index (χ4n) is 6.22. The number of aryl methyl sites for hydroxylation is 1. The first-order valence-electron chi connectivity index (χ1n) is 14.1. The average molecular weight is 531 g/mol. The molecule has 0 fully saturated rings. The molecular weight excluding hydrogens is 498 g/mol. The topological polar surface area (TPSA) is 0 Å².